The Hall–Kier alpha value is -2.48. The van der Waals surface area contributed by atoms with Gasteiger partial charge >= 0.3 is 6.18 Å². The van der Waals surface area contributed by atoms with Crippen LogP contribution in [0.15, 0.2) is 36.4 Å². The maximum Gasteiger partial charge on any atom is 0.416 e. The summed E-state index contributed by atoms with van der Waals surface area (Å²) in [6.45, 7) is 2.57. The van der Waals surface area contributed by atoms with E-state index >= 15 is 0 Å². The molecule has 8 heteroatoms. The molecule has 0 saturated carbocycles. The molecule has 3 heterocycles. The number of rotatable bonds is 3. The van der Waals surface area contributed by atoms with E-state index in [1.54, 1.807) is 4.57 Å². The lowest BCUT2D eigenvalue weighted by Gasteiger charge is -2.44. The zero-order chi connectivity index (χ0) is 22.5. The van der Waals surface area contributed by atoms with Gasteiger partial charge in [0.2, 0.25) is 0 Å². The first-order chi connectivity index (χ1) is 15.3. The molecule has 2 aliphatic rings. The summed E-state index contributed by atoms with van der Waals surface area (Å²) in [4.78, 5) is 6.81. The SMILES string of the molecule is Fc1cccc(F)c1-c1nc2cc(C(F)(F)F)ccc2n1C[C@@H]1CCCN2CCCC[C@H]12. The molecule has 0 spiro atoms. The molecule has 32 heavy (non-hydrogen) atoms. The maximum atomic E-state index is 14.7. The van der Waals surface area contributed by atoms with E-state index in [1.807, 2.05) is 0 Å². The van der Waals surface area contributed by atoms with Crippen molar-refractivity contribution in [2.45, 2.75) is 50.9 Å². The molecule has 0 unspecified atom stereocenters. The minimum atomic E-state index is -4.52. The molecule has 2 aromatic carbocycles. The lowest BCUT2D eigenvalue weighted by Crippen LogP contribution is -2.49. The number of alkyl halides is 3. The zero-order valence-electron chi connectivity index (χ0n) is 17.5. The van der Waals surface area contributed by atoms with Crippen molar-refractivity contribution < 1.29 is 22.0 Å². The Kier molecular flexibility index (Phi) is 5.43. The highest BCUT2D eigenvalue weighted by molar-refractivity contribution is 5.81. The van der Waals surface area contributed by atoms with Gasteiger partial charge in [-0.25, -0.2) is 13.8 Å². The quantitative estimate of drug-likeness (QED) is 0.440. The van der Waals surface area contributed by atoms with Crippen LogP contribution in [0.4, 0.5) is 22.0 Å². The van der Waals surface area contributed by atoms with Crippen LogP contribution in [-0.4, -0.2) is 33.6 Å². The van der Waals surface area contributed by atoms with Crippen LogP contribution in [0, 0.1) is 17.6 Å². The van der Waals surface area contributed by atoms with Crippen LogP contribution in [-0.2, 0) is 12.7 Å². The Morgan fingerprint density at radius 1 is 0.938 bits per heavy atom. The largest absolute Gasteiger partial charge is 0.416 e. The highest BCUT2D eigenvalue weighted by atomic mass is 19.4. The average molecular weight is 449 g/mol. The third-order valence-electron chi connectivity index (χ3n) is 6.91. The summed E-state index contributed by atoms with van der Waals surface area (Å²) in [6, 6.07) is 7.28. The van der Waals surface area contributed by atoms with Crippen LogP contribution < -0.4 is 0 Å². The van der Waals surface area contributed by atoms with Crippen molar-refractivity contribution in [3.05, 3.63) is 53.6 Å². The summed E-state index contributed by atoms with van der Waals surface area (Å²) in [5, 5.41) is 0. The number of benzene rings is 2. The standard InChI is InChI=1S/C24H24F5N3/c25-17-6-3-7-18(26)22(17)23-30-19-13-16(24(27,28)29)9-10-21(19)32(23)14-15-5-4-12-31-11-2-1-8-20(15)31/h3,6-7,9-10,13,15,20H,1-2,4-5,8,11-12,14H2/t15-,20+/m0/s1. The van der Waals surface area contributed by atoms with Gasteiger partial charge in [0.15, 0.2) is 0 Å². The first kappa shape index (κ1) is 21.4. The first-order valence-electron chi connectivity index (χ1n) is 11.1. The van der Waals surface area contributed by atoms with Crippen molar-refractivity contribution in [1.82, 2.24) is 14.5 Å². The molecule has 2 atom stereocenters. The molecule has 1 aromatic heterocycles. The van der Waals surface area contributed by atoms with Crippen molar-refractivity contribution in [3.63, 3.8) is 0 Å². The predicted octanol–water partition coefficient (Wildman–Crippen LogP) is 6.26. The monoisotopic (exact) mass is 449 g/mol. The lowest BCUT2D eigenvalue weighted by atomic mass is 9.83. The van der Waals surface area contributed by atoms with Crippen LogP contribution >= 0.6 is 0 Å². The van der Waals surface area contributed by atoms with Crippen molar-refractivity contribution >= 4 is 11.0 Å². The van der Waals surface area contributed by atoms with Gasteiger partial charge in [0.05, 0.1) is 22.2 Å². The van der Waals surface area contributed by atoms with Crippen molar-refractivity contribution in [2.75, 3.05) is 13.1 Å². The van der Waals surface area contributed by atoms with Crippen LogP contribution in [0.25, 0.3) is 22.4 Å². The molecule has 3 aromatic rings. The fourth-order valence-corrected chi connectivity index (χ4v) is 5.42. The topological polar surface area (TPSA) is 21.1 Å². The second-order valence-electron chi connectivity index (χ2n) is 8.85. The van der Waals surface area contributed by atoms with Gasteiger partial charge < -0.3 is 9.47 Å². The van der Waals surface area contributed by atoms with Crippen molar-refractivity contribution in [3.8, 4) is 11.4 Å². The minimum absolute atomic E-state index is 0.0443. The summed E-state index contributed by atoms with van der Waals surface area (Å²) in [7, 11) is 0. The second-order valence-corrected chi connectivity index (χ2v) is 8.85. The molecule has 0 N–H and O–H groups in total. The number of piperidine rings is 2. The summed E-state index contributed by atoms with van der Waals surface area (Å²) in [5.74, 6) is -1.26. The van der Waals surface area contributed by atoms with E-state index in [0.717, 1.165) is 63.0 Å². The predicted molar refractivity (Wildman–Crippen MR) is 112 cm³/mol. The van der Waals surface area contributed by atoms with Gasteiger partial charge in [-0.1, -0.05) is 12.5 Å². The summed E-state index contributed by atoms with van der Waals surface area (Å²) in [5.41, 5.74) is -0.572. The van der Waals surface area contributed by atoms with Crippen LogP contribution in [0.5, 0.6) is 0 Å². The highest BCUT2D eigenvalue weighted by Crippen LogP contribution is 2.37. The normalized spacial score (nSPS) is 22.3. The summed E-state index contributed by atoms with van der Waals surface area (Å²) in [6.07, 6.45) is 0.873. The number of fused-ring (bicyclic) bond motifs is 2. The molecule has 0 radical (unpaired) electrons. The fraction of sp³-hybridized carbons (Fsp3) is 0.458. The number of hydrogen-bond donors (Lipinski definition) is 0. The first-order valence-corrected chi connectivity index (χ1v) is 11.1. The van der Waals surface area contributed by atoms with E-state index in [0.29, 0.717) is 18.1 Å². The second kappa shape index (κ2) is 8.14. The number of imidazole rings is 1. The third-order valence-corrected chi connectivity index (χ3v) is 6.91. The Morgan fingerprint density at radius 2 is 1.69 bits per heavy atom. The van der Waals surface area contributed by atoms with Gasteiger partial charge in [0.1, 0.15) is 17.5 Å². The fourth-order valence-electron chi connectivity index (χ4n) is 5.42. The zero-order valence-corrected chi connectivity index (χ0v) is 17.5. The van der Waals surface area contributed by atoms with Crippen LogP contribution in [0.2, 0.25) is 0 Å². The average Bonchev–Trinajstić information content (AvgIpc) is 3.10. The number of hydrogen-bond acceptors (Lipinski definition) is 2. The number of nitrogens with zero attached hydrogens (tertiary/aromatic N) is 3. The maximum absolute atomic E-state index is 14.7. The number of halogens is 5. The summed E-state index contributed by atoms with van der Waals surface area (Å²) < 4.78 is 70.9. The van der Waals surface area contributed by atoms with Gasteiger partial charge in [-0.05, 0) is 75.0 Å². The van der Waals surface area contributed by atoms with Crippen molar-refractivity contribution in [1.29, 1.82) is 0 Å². The van der Waals surface area contributed by atoms with Gasteiger partial charge in [0, 0.05) is 12.6 Å². The molecule has 0 aliphatic carbocycles. The Balaban J connectivity index is 1.64. The molecule has 0 bridgehead atoms. The van der Waals surface area contributed by atoms with Gasteiger partial charge in [-0.2, -0.15) is 13.2 Å². The molecule has 3 nitrogen and oxygen atoms in total. The van der Waals surface area contributed by atoms with Crippen LogP contribution in [0.3, 0.4) is 0 Å². The summed E-state index contributed by atoms with van der Waals surface area (Å²) >= 11 is 0. The molecule has 0 amide bonds. The van der Waals surface area contributed by atoms with Gasteiger partial charge in [-0.15, -0.1) is 0 Å². The van der Waals surface area contributed by atoms with E-state index in [-0.39, 0.29) is 22.8 Å². The molecule has 2 fully saturated rings. The minimum Gasteiger partial charge on any atom is -0.323 e. The van der Waals surface area contributed by atoms with E-state index in [1.165, 1.54) is 18.6 Å². The Morgan fingerprint density at radius 3 is 2.44 bits per heavy atom. The Bertz CT molecular complexity index is 1110. The van der Waals surface area contributed by atoms with E-state index in [2.05, 4.69) is 9.88 Å². The molecule has 170 valence electrons. The smallest absolute Gasteiger partial charge is 0.323 e. The van der Waals surface area contributed by atoms with E-state index in [9.17, 15) is 22.0 Å². The molecular formula is C24H24F5N3. The lowest BCUT2D eigenvalue weighted by molar-refractivity contribution is -0.137. The van der Waals surface area contributed by atoms with Gasteiger partial charge in [0.25, 0.3) is 0 Å². The third kappa shape index (κ3) is 3.78. The molecule has 2 saturated heterocycles. The molecular weight excluding hydrogens is 425 g/mol. The van der Waals surface area contributed by atoms with Gasteiger partial charge in [-0.3, -0.25) is 0 Å². The van der Waals surface area contributed by atoms with Crippen molar-refractivity contribution in [2.24, 2.45) is 5.92 Å². The van der Waals surface area contributed by atoms with Crippen LogP contribution in [0.1, 0.15) is 37.7 Å². The molecule has 5 rings (SSSR count). The highest BCUT2D eigenvalue weighted by Gasteiger charge is 2.35. The van der Waals surface area contributed by atoms with E-state index in [4.69, 9.17) is 0 Å². The number of aromatic nitrogens is 2. The Labute approximate surface area is 182 Å². The molecule has 2 aliphatic heterocycles. The van der Waals surface area contributed by atoms with E-state index < -0.39 is 23.4 Å².